The Morgan fingerprint density at radius 2 is 2.25 bits per heavy atom. The molecule has 0 bridgehead atoms. The van der Waals surface area contributed by atoms with Crippen LogP contribution in [0.1, 0.15) is 0 Å². The van der Waals surface area contributed by atoms with E-state index in [9.17, 15) is 4.79 Å². The van der Waals surface area contributed by atoms with Crippen molar-refractivity contribution in [3.63, 3.8) is 0 Å². The summed E-state index contributed by atoms with van der Waals surface area (Å²) in [6.07, 6.45) is 0. The Kier molecular flexibility index (Phi) is 1.48. The molecule has 0 atom stereocenters. The molecule has 2 rings (SSSR count). The average Bonchev–Trinajstić information content (AvgIpc) is 2.29. The SMILES string of the molecule is Cn1[nH]c(=O)c2cccc(Cl)c21. The van der Waals surface area contributed by atoms with Crippen LogP contribution in [0.2, 0.25) is 5.02 Å². The maximum absolute atomic E-state index is 11.2. The smallest absolute Gasteiger partial charge is 0.272 e. The molecule has 0 fully saturated rings. The van der Waals surface area contributed by atoms with Crippen molar-refractivity contribution >= 4 is 22.5 Å². The molecule has 4 heteroatoms. The van der Waals surface area contributed by atoms with Gasteiger partial charge < -0.3 is 0 Å². The normalized spacial score (nSPS) is 10.8. The Morgan fingerprint density at radius 1 is 1.50 bits per heavy atom. The summed E-state index contributed by atoms with van der Waals surface area (Å²) < 4.78 is 1.62. The molecule has 0 saturated carbocycles. The molecular formula is C8H7ClN2O. The third-order valence-corrected chi connectivity index (χ3v) is 2.14. The van der Waals surface area contributed by atoms with Crippen LogP contribution in [0.4, 0.5) is 0 Å². The number of hydrogen-bond acceptors (Lipinski definition) is 1. The summed E-state index contributed by atoms with van der Waals surface area (Å²) in [6, 6.07) is 5.27. The zero-order chi connectivity index (χ0) is 8.72. The van der Waals surface area contributed by atoms with Crippen LogP contribution in [-0.2, 0) is 7.05 Å². The summed E-state index contributed by atoms with van der Waals surface area (Å²) in [4.78, 5) is 11.2. The Labute approximate surface area is 73.6 Å². The lowest BCUT2D eigenvalue weighted by Gasteiger charge is -1.95. The highest BCUT2D eigenvalue weighted by Gasteiger charge is 2.05. The van der Waals surface area contributed by atoms with E-state index in [0.29, 0.717) is 10.4 Å². The summed E-state index contributed by atoms with van der Waals surface area (Å²) in [5, 5.41) is 3.85. The molecule has 12 heavy (non-hydrogen) atoms. The van der Waals surface area contributed by atoms with Crippen molar-refractivity contribution in [1.82, 2.24) is 9.78 Å². The third kappa shape index (κ3) is 0.865. The highest BCUT2D eigenvalue weighted by molar-refractivity contribution is 6.35. The fourth-order valence-electron chi connectivity index (χ4n) is 1.31. The van der Waals surface area contributed by atoms with Gasteiger partial charge in [-0.25, -0.2) is 0 Å². The van der Waals surface area contributed by atoms with Crippen LogP contribution in [0, 0.1) is 0 Å². The van der Waals surface area contributed by atoms with E-state index in [0.717, 1.165) is 5.52 Å². The number of H-pyrrole nitrogens is 1. The van der Waals surface area contributed by atoms with Gasteiger partial charge in [-0.15, -0.1) is 0 Å². The third-order valence-electron chi connectivity index (χ3n) is 1.84. The summed E-state index contributed by atoms with van der Waals surface area (Å²) >= 11 is 5.90. The van der Waals surface area contributed by atoms with Gasteiger partial charge in [0.05, 0.1) is 15.9 Å². The van der Waals surface area contributed by atoms with Crippen molar-refractivity contribution in [3.05, 3.63) is 33.6 Å². The van der Waals surface area contributed by atoms with Gasteiger partial charge in [-0.05, 0) is 12.1 Å². The van der Waals surface area contributed by atoms with Gasteiger partial charge in [-0.2, -0.15) is 0 Å². The van der Waals surface area contributed by atoms with Crippen molar-refractivity contribution in [1.29, 1.82) is 0 Å². The van der Waals surface area contributed by atoms with Crippen LogP contribution in [0.15, 0.2) is 23.0 Å². The van der Waals surface area contributed by atoms with Gasteiger partial charge >= 0.3 is 0 Å². The largest absolute Gasteiger partial charge is 0.286 e. The van der Waals surface area contributed by atoms with Crippen molar-refractivity contribution < 1.29 is 0 Å². The molecule has 0 saturated heterocycles. The molecule has 3 nitrogen and oxygen atoms in total. The number of hydrogen-bond donors (Lipinski definition) is 1. The first-order valence-electron chi connectivity index (χ1n) is 3.53. The monoisotopic (exact) mass is 182 g/mol. The second-order valence-electron chi connectivity index (χ2n) is 2.64. The second-order valence-corrected chi connectivity index (χ2v) is 3.04. The molecule has 1 aromatic carbocycles. The number of para-hydroxylation sites is 1. The lowest BCUT2D eigenvalue weighted by Crippen LogP contribution is -2.01. The van der Waals surface area contributed by atoms with Gasteiger partial charge in [0, 0.05) is 7.05 Å². The van der Waals surface area contributed by atoms with Crippen molar-refractivity contribution in [2.75, 3.05) is 0 Å². The van der Waals surface area contributed by atoms with E-state index in [4.69, 9.17) is 11.6 Å². The van der Waals surface area contributed by atoms with Crippen molar-refractivity contribution in [2.45, 2.75) is 0 Å². The molecule has 2 aromatic rings. The molecule has 0 aliphatic heterocycles. The first kappa shape index (κ1) is 7.43. The van der Waals surface area contributed by atoms with Crippen LogP contribution < -0.4 is 5.56 Å². The molecule has 0 aliphatic carbocycles. The fraction of sp³-hybridized carbons (Fsp3) is 0.125. The Hall–Kier alpha value is -1.22. The van der Waals surface area contributed by atoms with E-state index in [2.05, 4.69) is 5.10 Å². The molecule has 1 heterocycles. The van der Waals surface area contributed by atoms with Gasteiger partial charge in [0.1, 0.15) is 0 Å². The summed E-state index contributed by atoms with van der Waals surface area (Å²) in [7, 11) is 1.76. The molecular weight excluding hydrogens is 176 g/mol. The highest BCUT2D eigenvalue weighted by atomic mass is 35.5. The van der Waals surface area contributed by atoms with Gasteiger partial charge in [0.2, 0.25) is 0 Å². The van der Waals surface area contributed by atoms with Crippen LogP contribution in [0.25, 0.3) is 10.9 Å². The van der Waals surface area contributed by atoms with Gasteiger partial charge in [0.15, 0.2) is 0 Å². The first-order valence-corrected chi connectivity index (χ1v) is 3.91. The number of benzene rings is 1. The van der Waals surface area contributed by atoms with Crippen LogP contribution in [-0.4, -0.2) is 9.78 Å². The zero-order valence-electron chi connectivity index (χ0n) is 6.47. The lowest BCUT2D eigenvalue weighted by molar-refractivity contribution is 0.783. The molecule has 0 radical (unpaired) electrons. The minimum absolute atomic E-state index is 0.102. The van der Waals surface area contributed by atoms with E-state index >= 15 is 0 Å². The predicted octanol–water partition coefficient (Wildman–Crippen LogP) is 1.52. The van der Waals surface area contributed by atoms with E-state index in [1.165, 1.54) is 0 Å². The fourth-order valence-corrected chi connectivity index (χ4v) is 1.61. The van der Waals surface area contributed by atoms with Crippen molar-refractivity contribution in [3.8, 4) is 0 Å². The molecule has 0 amide bonds. The number of nitrogens with one attached hydrogen (secondary N) is 1. The molecule has 0 unspecified atom stereocenters. The number of aromatic nitrogens is 2. The zero-order valence-corrected chi connectivity index (χ0v) is 7.22. The van der Waals surface area contributed by atoms with Crippen LogP contribution in [0.5, 0.6) is 0 Å². The van der Waals surface area contributed by atoms with Crippen LogP contribution in [0.3, 0.4) is 0 Å². The summed E-state index contributed by atoms with van der Waals surface area (Å²) in [5.41, 5.74) is 0.652. The Bertz CT molecular complexity index is 483. The second kappa shape index (κ2) is 2.38. The van der Waals surface area contributed by atoms with Crippen LogP contribution >= 0.6 is 11.6 Å². The Balaban J connectivity index is 3.09. The quantitative estimate of drug-likeness (QED) is 0.659. The van der Waals surface area contributed by atoms with E-state index in [1.54, 1.807) is 29.9 Å². The molecule has 0 aliphatic rings. The number of aromatic amines is 1. The lowest BCUT2D eigenvalue weighted by atomic mass is 10.2. The molecule has 1 aromatic heterocycles. The standard InChI is InChI=1S/C8H7ClN2O/c1-11-7-5(8(12)10-11)3-2-4-6(7)9/h2-4H,1H3,(H,10,12). The minimum atomic E-state index is -0.102. The van der Waals surface area contributed by atoms with E-state index < -0.39 is 0 Å². The van der Waals surface area contributed by atoms with Gasteiger partial charge in [0.25, 0.3) is 5.56 Å². The molecule has 62 valence electrons. The first-order chi connectivity index (χ1) is 5.70. The number of aryl methyl sites for hydroxylation is 1. The van der Waals surface area contributed by atoms with Gasteiger partial charge in [-0.1, -0.05) is 17.7 Å². The van der Waals surface area contributed by atoms with E-state index in [-0.39, 0.29) is 5.56 Å². The van der Waals surface area contributed by atoms with Gasteiger partial charge in [-0.3, -0.25) is 14.6 Å². The van der Waals surface area contributed by atoms with Crippen molar-refractivity contribution in [2.24, 2.45) is 7.05 Å². The summed E-state index contributed by atoms with van der Waals surface area (Å²) in [5.74, 6) is 0. The molecule has 0 spiro atoms. The Morgan fingerprint density at radius 3 is 2.92 bits per heavy atom. The van der Waals surface area contributed by atoms with E-state index in [1.807, 2.05) is 0 Å². The minimum Gasteiger partial charge on any atom is -0.286 e. The molecule has 1 N–H and O–H groups in total. The number of rotatable bonds is 0. The average molecular weight is 183 g/mol. The topological polar surface area (TPSA) is 37.8 Å². The highest BCUT2D eigenvalue weighted by Crippen LogP contribution is 2.19. The number of nitrogens with zero attached hydrogens (tertiary/aromatic N) is 1. The summed E-state index contributed by atoms with van der Waals surface area (Å²) in [6.45, 7) is 0. The number of fused-ring (bicyclic) bond motifs is 1. The number of halogens is 1. The maximum atomic E-state index is 11.2. The predicted molar refractivity (Wildman–Crippen MR) is 48.5 cm³/mol. The maximum Gasteiger partial charge on any atom is 0.272 e.